The molecule has 1 amide bonds. The second-order valence-corrected chi connectivity index (χ2v) is 9.52. The average Bonchev–Trinajstić information content (AvgIpc) is 2.79. The van der Waals surface area contributed by atoms with Crippen LogP contribution < -0.4 is 5.32 Å². The van der Waals surface area contributed by atoms with Crippen LogP contribution in [0.3, 0.4) is 0 Å². The molecule has 2 N–H and O–H groups in total. The van der Waals surface area contributed by atoms with E-state index < -0.39 is 17.9 Å². The minimum absolute atomic E-state index is 0.167. The highest BCUT2D eigenvalue weighted by Crippen LogP contribution is 2.34. The Morgan fingerprint density at radius 3 is 2.73 bits per heavy atom. The molecule has 6 nitrogen and oxygen atoms in total. The maximum absolute atomic E-state index is 12.4. The number of hydrogen-bond acceptors (Lipinski definition) is 4. The first-order valence-electron chi connectivity index (χ1n) is 11.9. The Balaban J connectivity index is 1.15. The minimum Gasteiger partial charge on any atom is -0.480 e. The Hall–Kier alpha value is -2.44. The molecule has 0 bridgehead atoms. The number of hydrogen-bond donors (Lipinski definition) is 2. The van der Waals surface area contributed by atoms with Crippen molar-refractivity contribution in [2.24, 2.45) is 5.92 Å². The number of carboxylic acids is 1. The third kappa shape index (κ3) is 6.33. The first-order chi connectivity index (χ1) is 16.0. The van der Waals surface area contributed by atoms with Crippen molar-refractivity contribution < 1.29 is 19.4 Å². The fourth-order valence-corrected chi connectivity index (χ4v) is 4.88. The van der Waals surface area contributed by atoms with E-state index in [9.17, 15) is 14.7 Å². The van der Waals surface area contributed by atoms with Crippen LogP contribution in [0.1, 0.15) is 65.8 Å². The van der Waals surface area contributed by atoms with Gasteiger partial charge < -0.3 is 15.2 Å². The lowest BCUT2D eigenvalue weighted by Crippen LogP contribution is -2.42. The quantitative estimate of drug-likeness (QED) is 0.529. The molecule has 1 aromatic heterocycles. The van der Waals surface area contributed by atoms with E-state index >= 15 is 0 Å². The molecule has 2 aliphatic rings. The summed E-state index contributed by atoms with van der Waals surface area (Å²) < 4.78 is 5.87. The van der Waals surface area contributed by atoms with Gasteiger partial charge in [-0.25, -0.2) is 4.79 Å². The van der Waals surface area contributed by atoms with Crippen LogP contribution in [0.5, 0.6) is 0 Å². The smallest absolute Gasteiger partial charge is 0.326 e. The maximum Gasteiger partial charge on any atom is 0.326 e. The van der Waals surface area contributed by atoms with Crippen molar-refractivity contribution in [1.29, 1.82) is 0 Å². The number of pyridine rings is 1. The summed E-state index contributed by atoms with van der Waals surface area (Å²) in [4.78, 5) is 28.8. The largest absolute Gasteiger partial charge is 0.480 e. The number of rotatable bonds is 10. The van der Waals surface area contributed by atoms with Gasteiger partial charge in [0, 0.05) is 24.4 Å². The number of ether oxygens (including phenoxy) is 1. The molecule has 176 valence electrons. The number of halogens is 1. The van der Waals surface area contributed by atoms with Gasteiger partial charge >= 0.3 is 5.97 Å². The monoisotopic (exact) mass is 470 g/mol. The van der Waals surface area contributed by atoms with Crippen LogP contribution in [0.4, 0.5) is 0 Å². The lowest BCUT2D eigenvalue weighted by Gasteiger charge is -2.35. The normalized spacial score (nSPS) is 20.4. The number of nitrogens with one attached hydrogen (secondary N) is 1. The van der Waals surface area contributed by atoms with Gasteiger partial charge in [0.1, 0.15) is 6.04 Å². The van der Waals surface area contributed by atoms with Crippen LogP contribution in [-0.2, 0) is 28.8 Å². The zero-order valence-electron chi connectivity index (χ0n) is 18.8. The van der Waals surface area contributed by atoms with E-state index in [1.807, 2.05) is 0 Å². The van der Waals surface area contributed by atoms with Gasteiger partial charge in [-0.1, -0.05) is 29.8 Å². The Labute approximate surface area is 199 Å². The maximum atomic E-state index is 12.4. The van der Waals surface area contributed by atoms with E-state index in [1.54, 1.807) is 24.3 Å². The zero-order chi connectivity index (χ0) is 23.2. The second-order valence-electron chi connectivity index (χ2n) is 9.12. The molecule has 7 heteroatoms. The van der Waals surface area contributed by atoms with Crippen molar-refractivity contribution in [2.45, 2.75) is 69.9 Å². The molecule has 1 atom stereocenters. The van der Waals surface area contributed by atoms with E-state index in [0.29, 0.717) is 17.5 Å². The molecule has 4 rings (SSSR count). The van der Waals surface area contributed by atoms with Gasteiger partial charge in [0.2, 0.25) is 0 Å². The van der Waals surface area contributed by atoms with Gasteiger partial charge in [0.25, 0.3) is 5.91 Å². The Morgan fingerprint density at radius 1 is 1.15 bits per heavy atom. The lowest BCUT2D eigenvalue weighted by atomic mass is 9.79. The van der Waals surface area contributed by atoms with E-state index in [1.165, 1.54) is 29.8 Å². The number of aliphatic carboxylic acids is 1. The molecule has 1 heterocycles. The van der Waals surface area contributed by atoms with Crippen molar-refractivity contribution in [3.63, 3.8) is 0 Å². The van der Waals surface area contributed by atoms with Crippen LogP contribution in [0.15, 0.2) is 36.4 Å². The summed E-state index contributed by atoms with van der Waals surface area (Å²) in [6.45, 7) is 0.295. The number of fused-ring (bicyclic) bond motifs is 1. The molecular formula is C26H31ClN2O4. The Bertz CT molecular complexity index is 990. The van der Waals surface area contributed by atoms with Crippen molar-refractivity contribution in [3.8, 4) is 0 Å². The van der Waals surface area contributed by atoms with Crippen molar-refractivity contribution >= 4 is 23.5 Å². The SMILES string of the molecule is O=C(NC(CCOC1CC(CCc2ccc3c(n2)CCCC3)C1)C(=O)O)c1ccccc1Cl. The number of aryl methyl sites for hydroxylation is 3. The molecule has 0 spiro atoms. The van der Waals surface area contributed by atoms with E-state index in [-0.39, 0.29) is 18.1 Å². The summed E-state index contributed by atoms with van der Waals surface area (Å²) in [5, 5.41) is 12.3. The second kappa shape index (κ2) is 11.1. The van der Waals surface area contributed by atoms with Crippen LogP contribution in [0.2, 0.25) is 5.02 Å². The predicted molar refractivity (Wildman–Crippen MR) is 127 cm³/mol. The molecule has 2 aromatic rings. The Kier molecular flexibility index (Phi) is 7.99. The lowest BCUT2D eigenvalue weighted by molar-refractivity contribution is -0.140. The number of amides is 1. The number of benzene rings is 1. The molecule has 2 aliphatic carbocycles. The van der Waals surface area contributed by atoms with Crippen molar-refractivity contribution in [1.82, 2.24) is 10.3 Å². The van der Waals surface area contributed by atoms with Crippen molar-refractivity contribution in [2.75, 3.05) is 6.61 Å². The van der Waals surface area contributed by atoms with Crippen LogP contribution in [0, 0.1) is 5.92 Å². The molecule has 1 aromatic carbocycles. The van der Waals surface area contributed by atoms with Gasteiger partial charge in [0.15, 0.2) is 0 Å². The summed E-state index contributed by atoms with van der Waals surface area (Å²) in [5.41, 5.74) is 4.17. The first-order valence-corrected chi connectivity index (χ1v) is 12.2. The van der Waals surface area contributed by atoms with Crippen molar-refractivity contribution in [3.05, 3.63) is 63.9 Å². The van der Waals surface area contributed by atoms with Crippen LogP contribution in [-0.4, -0.2) is 40.7 Å². The van der Waals surface area contributed by atoms with Gasteiger partial charge in [-0.2, -0.15) is 0 Å². The fourth-order valence-electron chi connectivity index (χ4n) is 4.66. The van der Waals surface area contributed by atoms with Gasteiger partial charge in [-0.15, -0.1) is 0 Å². The number of carbonyl (C=O) groups is 2. The highest BCUT2D eigenvalue weighted by Gasteiger charge is 2.30. The topological polar surface area (TPSA) is 88.5 Å². The summed E-state index contributed by atoms with van der Waals surface area (Å²) in [6, 6.07) is 10.0. The number of nitrogens with zero attached hydrogens (tertiary/aromatic N) is 1. The highest BCUT2D eigenvalue weighted by molar-refractivity contribution is 6.33. The summed E-state index contributed by atoms with van der Waals surface area (Å²) in [7, 11) is 0. The summed E-state index contributed by atoms with van der Waals surface area (Å²) >= 11 is 6.03. The average molecular weight is 471 g/mol. The zero-order valence-corrected chi connectivity index (χ0v) is 19.5. The Morgan fingerprint density at radius 2 is 1.94 bits per heavy atom. The highest BCUT2D eigenvalue weighted by atomic mass is 35.5. The van der Waals surface area contributed by atoms with Gasteiger partial charge in [-0.05, 0) is 81.0 Å². The molecule has 0 aliphatic heterocycles. The molecule has 1 saturated carbocycles. The van der Waals surface area contributed by atoms with Crippen LogP contribution >= 0.6 is 11.6 Å². The molecule has 0 saturated heterocycles. The van der Waals surface area contributed by atoms with Crippen LogP contribution in [0.25, 0.3) is 0 Å². The predicted octanol–water partition coefficient (Wildman–Crippen LogP) is 4.61. The third-order valence-electron chi connectivity index (χ3n) is 6.72. The number of carboxylic acid groups (broad SMARTS) is 1. The molecular weight excluding hydrogens is 440 g/mol. The third-order valence-corrected chi connectivity index (χ3v) is 7.05. The summed E-state index contributed by atoms with van der Waals surface area (Å²) in [6.07, 6.45) is 9.28. The summed E-state index contributed by atoms with van der Waals surface area (Å²) in [5.74, 6) is -0.946. The van der Waals surface area contributed by atoms with Gasteiger partial charge in [-0.3, -0.25) is 9.78 Å². The number of carbonyl (C=O) groups excluding carboxylic acids is 1. The van der Waals surface area contributed by atoms with E-state index in [2.05, 4.69) is 17.4 Å². The fraction of sp³-hybridized carbons (Fsp3) is 0.500. The van der Waals surface area contributed by atoms with Gasteiger partial charge in [0.05, 0.1) is 16.7 Å². The molecule has 1 unspecified atom stereocenters. The minimum atomic E-state index is -1.08. The van der Waals surface area contributed by atoms with E-state index in [4.69, 9.17) is 21.3 Å². The molecule has 1 fully saturated rings. The first kappa shape index (κ1) is 23.7. The molecule has 0 radical (unpaired) electrons. The molecule has 33 heavy (non-hydrogen) atoms. The standard InChI is InChI=1S/C26H31ClN2O4/c27-22-7-3-2-6-21(22)25(30)29-24(26(31)32)13-14-33-20-15-17(16-20)9-11-19-12-10-18-5-1-4-8-23(18)28-19/h2-3,6-7,10,12,17,20,24H,1,4-5,8-9,11,13-16H2,(H,29,30)(H,31,32). The van der Waals surface area contributed by atoms with E-state index in [0.717, 1.165) is 38.5 Å². The number of aromatic nitrogens is 1.